The normalized spacial score (nSPS) is 23.7. The van der Waals surface area contributed by atoms with Crippen molar-refractivity contribution in [2.24, 2.45) is 4.36 Å². The molecule has 3 atom stereocenters. The van der Waals surface area contributed by atoms with Gasteiger partial charge >= 0.3 is 0 Å². The van der Waals surface area contributed by atoms with Crippen molar-refractivity contribution in [3.8, 4) is 11.5 Å². The van der Waals surface area contributed by atoms with Gasteiger partial charge in [-0.15, -0.1) is 0 Å². The number of benzene rings is 2. The molecule has 10 heteroatoms. The van der Waals surface area contributed by atoms with Crippen molar-refractivity contribution in [1.82, 2.24) is 9.97 Å². The minimum absolute atomic E-state index is 0.00780. The predicted octanol–water partition coefficient (Wildman–Crippen LogP) is 5.38. The summed E-state index contributed by atoms with van der Waals surface area (Å²) in [7, 11) is 1.68. The van der Waals surface area contributed by atoms with Crippen LogP contribution in [-0.2, 0) is 20.2 Å². The van der Waals surface area contributed by atoms with E-state index in [2.05, 4.69) is 15.3 Å². The van der Waals surface area contributed by atoms with Crippen LogP contribution in [0.3, 0.4) is 0 Å². The monoisotopic (exact) mass is 526 g/mol. The smallest absolute Gasteiger partial charge is 0.151 e. The first kappa shape index (κ1) is 24.5. The number of ether oxygens (including phenoxy) is 4. The molecule has 6 rings (SSSR count). The molecule has 8 nitrogen and oxygen atoms in total. The molecular formula is C27H31FN4O4S. The number of nitrogens with zero attached hydrogens (tertiary/aromatic N) is 3. The highest BCUT2D eigenvalue weighted by Gasteiger charge is 2.43. The summed E-state index contributed by atoms with van der Waals surface area (Å²) in [4.78, 5) is 9.07. The predicted molar refractivity (Wildman–Crippen MR) is 142 cm³/mol. The number of nitrogens with one attached hydrogen (secondary N) is 1. The van der Waals surface area contributed by atoms with Gasteiger partial charge in [0.2, 0.25) is 0 Å². The average Bonchev–Trinajstić information content (AvgIpc) is 3.52. The van der Waals surface area contributed by atoms with Gasteiger partial charge in [-0.1, -0.05) is 17.1 Å². The van der Waals surface area contributed by atoms with E-state index in [9.17, 15) is 4.39 Å². The molecule has 2 aromatic carbocycles. The fourth-order valence-corrected chi connectivity index (χ4v) is 7.24. The number of halogens is 1. The average molecular weight is 527 g/mol. The number of anilines is 2. The summed E-state index contributed by atoms with van der Waals surface area (Å²) in [6.45, 7) is 3.05. The van der Waals surface area contributed by atoms with Crippen LogP contribution in [0.5, 0.6) is 11.5 Å². The molecule has 37 heavy (non-hydrogen) atoms. The van der Waals surface area contributed by atoms with E-state index in [0.717, 1.165) is 45.8 Å². The van der Waals surface area contributed by atoms with Crippen LogP contribution >= 0.6 is 0 Å². The second-order valence-electron chi connectivity index (χ2n) is 9.61. The van der Waals surface area contributed by atoms with Gasteiger partial charge in [0.1, 0.15) is 41.3 Å². The Bertz CT molecular complexity index is 1350. The third kappa shape index (κ3) is 4.89. The molecule has 0 bridgehead atoms. The molecule has 2 unspecified atom stereocenters. The number of hydrogen-bond donors (Lipinski definition) is 1. The van der Waals surface area contributed by atoms with Crippen LogP contribution in [-0.4, -0.2) is 60.1 Å². The fourth-order valence-electron chi connectivity index (χ4n) is 5.36. The zero-order valence-corrected chi connectivity index (χ0v) is 21.9. The zero-order chi connectivity index (χ0) is 25.4. The lowest BCUT2D eigenvalue weighted by atomic mass is 10.1. The SMILES string of the molecule is COc1c(N=S2CCCCC2)cc2ncnc(Nc3ccc(F)cc3OC3CO[C@@H]4CCOC34)c2c1C. The molecule has 196 valence electrons. The van der Waals surface area contributed by atoms with Crippen LogP contribution < -0.4 is 14.8 Å². The van der Waals surface area contributed by atoms with Crippen LogP contribution in [0.15, 0.2) is 35.0 Å². The third-order valence-corrected chi connectivity index (χ3v) is 9.16. The largest absolute Gasteiger partial charge is 0.494 e. The molecule has 4 heterocycles. The van der Waals surface area contributed by atoms with Crippen molar-refractivity contribution in [2.75, 3.05) is 37.1 Å². The summed E-state index contributed by atoms with van der Waals surface area (Å²) < 4.78 is 43.0. The second-order valence-corrected chi connectivity index (χ2v) is 11.5. The van der Waals surface area contributed by atoms with Crippen LogP contribution in [0.2, 0.25) is 0 Å². The maximum Gasteiger partial charge on any atom is 0.151 e. The van der Waals surface area contributed by atoms with Gasteiger partial charge in [-0.05, 0) is 44.4 Å². The van der Waals surface area contributed by atoms with Crippen molar-refractivity contribution in [3.05, 3.63) is 42.0 Å². The molecule has 3 aliphatic rings. The van der Waals surface area contributed by atoms with E-state index in [1.54, 1.807) is 13.2 Å². The molecule has 0 saturated carbocycles. The summed E-state index contributed by atoms with van der Waals surface area (Å²) in [5.74, 6) is 3.56. The lowest BCUT2D eigenvalue weighted by molar-refractivity contribution is 0.0310. The summed E-state index contributed by atoms with van der Waals surface area (Å²) in [6.07, 6.45) is 5.69. The Labute approximate surface area is 218 Å². The zero-order valence-electron chi connectivity index (χ0n) is 21.0. The van der Waals surface area contributed by atoms with Crippen molar-refractivity contribution in [2.45, 2.75) is 50.9 Å². The molecule has 3 fully saturated rings. The van der Waals surface area contributed by atoms with E-state index >= 15 is 0 Å². The Hall–Kier alpha value is -2.82. The van der Waals surface area contributed by atoms with Crippen molar-refractivity contribution in [3.63, 3.8) is 0 Å². The second kappa shape index (κ2) is 10.5. The van der Waals surface area contributed by atoms with Gasteiger partial charge in [0.05, 0.1) is 31.0 Å². The highest BCUT2D eigenvalue weighted by molar-refractivity contribution is 7.87. The first-order valence-electron chi connectivity index (χ1n) is 12.8. The van der Waals surface area contributed by atoms with Crippen LogP contribution in [0, 0.1) is 12.7 Å². The summed E-state index contributed by atoms with van der Waals surface area (Å²) in [6, 6.07) is 6.41. The van der Waals surface area contributed by atoms with Gasteiger partial charge in [0, 0.05) is 35.1 Å². The standard InChI is InChI=1S/C27H31FN4O4S/c1-16-24-19(13-20(25(16)33-2)32-37-10-4-3-5-11-37)29-15-30-27(24)31-18-7-6-17(28)12-22(18)36-23-14-35-21-8-9-34-26(21)23/h6-7,12-13,15,21,23,26H,3-5,8-11,14H2,1-2H3,(H,29,30,31)/t21-,23?,26?/m1/s1. The van der Waals surface area contributed by atoms with Gasteiger partial charge in [-0.2, -0.15) is 0 Å². The number of rotatable bonds is 6. The van der Waals surface area contributed by atoms with E-state index in [-0.39, 0.29) is 34.8 Å². The lowest BCUT2D eigenvalue weighted by Crippen LogP contribution is -2.32. The van der Waals surface area contributed by atoms with Crippen LogP contribution in [0.4, 0.5) is 21.6 Å². The van der Waals surface area contributed by atoms with Gasteiger partial charge in [0.25, 0.3) is 0 Å². The van der Waals surface area contributed by atoms with Gasteiger partial charge in [0.15, 0.2) is 6.10 Å². The van der Waals surface area contributed by atoms with Gasteiger partial charge < -0.3 is 24.3 Å². The van der Waals surface area contributed by atoms with Crippen molar-refractivity contribution < 1.29 is 23.3 Å². The van der Waals surface area contributed by atoms with Gasteiger partial charge in [-0.3, -0.25) is 0 Å². The number of methoxy groups -OCH3 is 1. The minimum Gasteiger partial charge on any atom is -0.494 e. The molecule has 1 N–H and O–H groups in total. The Morgan fingerprint density at radius 3 is 2.84 bits per heavy atom. The fraction of sp³-hybridized carbons (Fsp3) is 0.481. The summed E-state index contributed by atoms with van der Waals surface area (Å²) in [5.41, 5.74) is 3.10. The van der Waals surface area contributed by atoms with E-state index < -0.39 is 0 Å². The van der Waals surface area contributed by atoms with Gasteiger partial charge in [-0.25, -0.2) is 18.7 Å². The maximum absolute atomic E-state index is 14.3. The van der Waals surface area contributed by atoms with Crippen LogP contribution in [0.1, 0.15) is 31.2 Å². The Morgan fingerprint density at radius 2 is 2.00 bits per heavy atom. The first-order valence-corrected chi connectivity index (χ1v) is 14.3. The molecule has 0 aliphatic carbocycles. The molecule has 0 spiro atoms. The molecule has 3 aromatic rings. The highest BCUT2D eigenvalue weighted by Crippen LogP contribution is 2.41. The number of aromatic nitrogens is 2. The van der Waals surface area contributed by atoms with E-state index in [4.69, 9.17) is 23.3 Å². The van der Waals surface area contributed by atoms with Crippen molar-refractivity contribution >= 4 is 38.8 Å². The molecule has 0 amide bonds. The van der Waals surface area contributed by atoms with E-state index in [1.807, 2.05) is 13.0 Å². The molecule has 0 radical (unpaired) electrons. The topological polar surface area (TPSA) is 87.1 Å². The molecule has 3 saturated heterocycles. The number of hydrogen-bond acceptors (Lipinski definition) is 8. The number of aryl methyl sites for hydroxylation is 1. The number of fused-ring (bicyclic) bond motifs is 2. The van der Waals surface area contributed by atoms with E-state index in [1.165, 1.54) is 37.7 Å². The third-order valence-electron chi connectivity index (χ3n) is 7.18. The van der Waals surface area contributed by atoms with Crippen molar-refractivity contribution in [1.29, 1.82) is 0 Å². The molecule has 3 aliphatic heterocycles. The summed E-state index contributed by atoms with van der Waals surface area (Å²) >= 11 is 0. The quantitative estimate of drug-likeness (QED) is 0.461. The Kier molecular flexibility index (Phi) is 6.96. The summed E-state index contributed by atoms with van der Waals surface area (Å²) in [5, 5.41) is 4.18. The minimum atomic E-state index is -0.386. The van der Waals surface area contributed by atoms with Crippen LogP contribution in [0.25, 0.3) is 10.9 Å². The molecular weight excluding hydrogens is 495 g/mol. The maximum atomic E-state index is 14.3. The Balaban J connectivity index is 1.35. The highest BCUT2D eigenvalue weighted by atomic mass is 32.2. The lowest BCUT2D eigenvalue weighted by Gasteiger charge is -2.21. The first-order chi connectivity index (χ1) is 18.1. The Morgan fingerprint density at radius 1 is 1.14 bits per heavy atom. The van der Waals surface area contributed by atoms with E-state index in [0.29, 0.717) is 30.5 Å². The molecule has 1 aromatic heterocycles.